The number of fused-ring (bicyclic) bond motifs is 2. The zero-order valence-electron chi connectivity index (χ0n) is 18.7. The average molecular weight is 470 g/mol. The van der Waals surface area contributed by atoms with Gasteiger partial charge in [0.25, 0.3) is 5.60 Å². The summed E-state index contributed by atoms with van der Waals surface area (Å²) in [4.78, 5) is 25.4. The average Bonchev–Trinajstić information content (AvgIpc) is 2.75. The molecule has 9 heteroatoms. The summed E-state index contributed by atoms with van der Waals surface area (Å²) in [6.07, 6.45) is -1.02. The van der Waals surface area contributed by atoms with Crippen LogP contribution in [0.4, 0.5) is 13.2 Å². The SMILES string of the molecule is CO[C@](C(=O)O[C@H]1CC[C@H]2/C=C\CCC[C@H](C)OC(=O)C[C@@H]1O2)(c1ccccc1)C(F)(F)F. The van der Waals surface area contributed by atoms with Crippen LogP contribution in [0, 0.1) is 0 Å². The quantitative estimate of drug-likeness (QED) is 0.473. The maximum atomic E-state index is 14.2. The molecule has 2 heterocycles. The first kappa shape index (κ1) is 25.2. The molecule has 0 aromatic heterocycles. The van der Waals surface area contributed by atoms with Crippen LogP contribution in [-0.2, 0) is 34.1 Å². The predicted molar refractivity (Wildman–Crippen MR) is 112 cm³/mol. The van der Waals surface area contributed by atoms with E-state index in [2.05, 4.69) is 0 Å². The lowest BCUT2D eigenvalue weighted by Gasteiger charge is -2.38. The molecule has 0 aliphatic carbocycles. The van der Waals surface area contributed by atoms with Crippen LogP contribution in [0.2, 0.25) is 0 Å². The molecule has 0 radical (unpaired) electrons. The fourth-order valence-corrected chi connectivity index (χ4v) is 4.22. The Morgan fingerprint density at radius 3 is 2.52 bits per heavy atom. The van der Waals surface area contributed by atoms with Gasteiger partial charge in [0.2, 0.25) is 0 Å². The van der Waals surface area contributed by atoms with Crippen molar-refractivity contribution in [3.63, 3.8) is 0 Å². The standard InChI is InChI=1S/C24H29F3O6/c1-16-9-5-3-8-12-18-13-14-19(20(32-18)15-21(28)31-16)33-22(29)23(30-2,24(25,26)27)17-10-6-4-7-11-17/h4,6-8,10-12,16,18-20H,3,5,9,13-15H2,1-2H3/b12-8-/t16-,18+,19-,20-,23-/m0/s1. The second-order valence-electron chi connectivity index (χ2n) is 8.35. The topological polar surface area (TPSA) is 71.1 Å². The summed E-state index contributed by atoms with van der Waals surface area (Å²) >= 11 is 0. The van der Waals surface area contributed by atoms with Crippen molar-refractivity contribution in [1.29, 1.82) is 0 Å². The highest BCUT2D eigenvalue weighted by Gasteiger charge is 2.64. The minimum atomic E-state index is -5.08. The molecule has 0 unspecified atom stereocenters. The van der Waals surface area contributed by atoms with Gasteiger partial charge in [0.15, 0.2) is 0 Å². The molecule has 1 saturated heterocycles. The number of halogens is 3. The number of carbonyl (C=O) groups excluding carboxylic acids is 2. The first-order valence-corrected chi connectivity index (χ1v) is 11.1. The van der Waals surface area contributed by atoms with Crippen LogP contribution in [0.1, 0.15) is 51.0 Å². The second-order valence-corrected chi connectivity index (χ2v) is 8.35. The summed E-state index contributed by atoms with van der Waals surface area (Å²) in [6.45, 7) is 1.78. The first-order valence-electron chi connectivity index (χ1n) is 11.1. The number of allylic oxidation sites excluding steroid dienone is 1. The molecule has 1 aromatic rings. The number of methoxy groups -OCH3 is 1. The van der Waals surface area contributed by atoms with Gasteiger partial charge in [-0.1, -0.05) is 42.5 Å². The van der Waals surface area contributed by atoms with Gasteiger partial charge in [-0.05, 0) is 39.0 Å². The lowest BCUT2D eigenvalue weighted by molar-refractivity contribution is -0.281. The maximum Gasteiger partial charge on any atom is 0.432 e. The minimum absolute atomic E-state index is 0.232. The predicted octanol–water partition coefficient (Wildman–Crippen LogP) is 4.61. The zero-order valence-corrected chi connectivity index (χ0v) is 18.7. The number of rotatable bonds is 4. The third-order valence-corrected chi connectivity index (χ3v) is 5.96. The van der Waals surface area contributed by atoms with Crippen LogP contribution in [0.25, 0.3) is 0 Å². The molecule has 0 saturated carbocycles. The van der Waals surface area contributed by atoms with Gasteiger partial charge >= 0.3 is 18.1 Å². The largest absolute Gasteiger partial charge is 0.463 e. The maximum absolute atomic E-state index is 14.2. The van der Waals surface area contributed by atoms with E-state index in [4.69, 9.17) is 18.9 Å². The number of ether oxygens (including phenoxy) is 4. The van der Waals surface area contributed by atoms with Crippen molar-refractivity contribution in [2.45, 2.75) is 81.6 Å². The van der Waals surface area contributed by atoms with E-state index in [-0.39, 0.29) is 25.0 Å². The summed E-state index contributed by atoms with van der Waals surface area (Å²) < 4.78 is 64.0. The van der Waals surface area contributed by atoms with Gasteiger partial charge in [0.1, 0.15) is 12.2 Å². The minimum Gasteiger partial charge on any atom is -0.463 e. The lowest BCUT2D eigenvalue weighted by atomic mass is 9.92. The van der Waals surface area contributed by atoms with Crippen molar-refractivity contribution in [3.8, 4) is 0 Å². The Morgan fingerprint density at radius 2 is 1.85 bits per heavy atom. The van der Waals surface area contributed by atoms with Gasteiger partial charge in [-0.2, -0.15) is 13.2 Å². The van der Waals surface area contributed by atoms with E-state index in [1.165, 1.54) is 18.2 Å². The summed E-state index contributed by atoms with van der Waals surface area (Å²) in [5.41, 5.74) is -3.69. The van der Waals surface area contributed by atoms with E-state index < -0.39 is 41.5 Å². The Labute approximate surface area is 191 Å². The molecule has 0 spiro atoms. The highest BCUT2D eigenvalue weighted by atomic mass is 19.4. The van der Waals surface area contributed by atoms with Crippen molar-refractivity contribution in [2.24, 2.45) is 0 Å². The molecule has 1 aromatic carbocycles. The molecule has 6 nitrogen and oxygen atoms in total. The molecule has 2 aliphatic heterocycles. The molecule has 0 N–H and O–H groups in total. The highest BCUT2D eigenvalue weighted by molar-refractivity contribution is 5.83. The van der Waals surface area contributed by atoms with Crippen molar-refractivity contribution in [2.75, 3.05) is 7.11 Å². The van der Waals surface area contributed by atoms with Gasteiger partial charge in [-0.15, -0.1) is 0 Å². The van der Waals surface area contributed by atoms with Crippen molar-refractivity contribution in [1.82, 2.24) is 0 Å². The molecule has 182 valence electrons. The summed E-state index contributed by atoms with van der Waals surface area (Å²) in [5, 5.41) is 0. The van der Waals surface area contributed by atoms with Crippen molar-refractivity contribution < 1.29 is 41.7 Å². The number of carbonyl (C=O) groups is 2. The Kier molecular flexibility index (Phi) is 8.18. The molecular weight excluding hydrogens is 441 g/mol. The van der Waals surface area contributed by atoms with Crippen molar-refractivity contribution in [3.05, 3.63) is 48.0 Å². The Hall–Kier alpha value is -2.39. The van der Waals surface area contributed by atoms with Gasteiger partial charge in [0, 0.05) is 12.7 Å². The van der Waals surface area contributed by atoms with Crippen LogP contribution in [-0.4, -0.2) is 49.6 Å². The van der Waals surface area contributed by atoms with Crippen molar-refractivity contribution >= 4 is 11.9 Å². The highest BCUT2D eigenvalue weighted by Crippen LogP contribution is 2.43. The number of hydrogen-bond donors (Lipinski definition) is 0. The number of hydrogen-bond acceptors (Lipinski definition) is 6. The Balaban J connectivity index is 1.86. The molecular formula is C24H29F3O6. The summed E-state index contributed by atoms with van der Waals surface area (Å²) in [6, 6.07) is 6.61. The van der Waals surface area contributed by atoms with Crippen LogP contribution in [0.15, 0.2) is 42.5 Å². The van der Waals surface area contributed by atoms with Crippen LogP contribution < -0.4 is 0 Å². The summed E-state index contributed by atoms with van der Waals surface area (Å²) in [5.74, 6) is -2.14. The Bertz CT molecular complexity index is 840. The fourth-order valence-electron chi connectivity index (χ4n) is 4.22. The van der Waals surface area contributed by atoms with Gasteiger partial charge in [-0.25, -0.2) is 4.79 Å². The molecule has 3 rings (SSSR count). The first-order chi connectivity index (χ1) is 15.7. The van der Waals surface area contributed by atoms with E-state index in [1.807, 2.05) is 12.2 Å². The number of cyclic esters (lactones) is 1. The number of alkyl halides is 3. The van der Waals surface area contributed by atoms with Gasteiger partial charge in [-0.3, -0.25) is 4.79 Å². The van der Waals surface area contributed by atoms with Crippen LogP contribution >= 0.6 is 0 Å². The Morgan fingerprint density at radius 1 is 1.12 bits per heavy atom. The van der Waals surface area contributed by atoms with Gasteiger partial charge < -0.3 is 18.9 Å². The van der Waals surface area contributed by atoms with E-state index in [0.717, 1.165) is 32.1 Å². The molecule has 5 atom stereocenters. The third-order valence-electron chi connectivity index (χ3n) is 5.96. The van der Waals surface area contributed by atoms with E-state index in [0.29, 0.717) is 12.8 Å². The van der Waals surface area contributed by atoms with Gasteiger partial charge in [0.05, 0.1) is 18.6 Å². The van der Waals surface area contributed by atoms with Crippen LogP contribution in [0.3, 0.4) is 0 Å². The zero-order chi connectivity index (χ0) is 24.1. The molecule has 2 aliphatic rings. The smallest absolute Gasteiger partial charge is 0.432 e. The van der Waals surface area contributed by atoms with Crippen LogP contribution in [0.5, 0.6) is 0 Å². The number of esters is 2. The molecule has 2 bridgehead atoms. The summed E-state index contributed by atoms with van der Waals surface area (Å²) in [7, 11) is 0.814. The monoisotopic (exact) mass is 470 g/mol. The molecule has 1 fully saturated rings. The lowest BCUT2D eigenvalue weighted by Crippen LogP contribution is -2.54. The van der Waals surface area contributed by atoms with E-state index in [1.54, 1.807) is 6.92 Å². The van der Waals surface area contributed by atoms with E-state index in [9.17, 15) is 22.8 Å². The third kappa shape index (κ3) is 5.76. The molecule has 0 amide bonds. The normalized spacial score (nSPS) is 29.5. The molecule has 33 heavy (non-hydrogen) atoms. The van der Waals surface area contributed by atoms with E-state index >= 15 is 0 Å². The fraction of sp³-hybridized carbons (Fsp3) is 0.583. The number of benzene rings is 1. The second kappa shape index (κ2) is 10.7.